The number of pyridine rings is 1. The van der Waals surface area contributed by atoms with Crippen LogP contribution in [0.5, 0.6) is 5.75 Å². The number of benzene rings is 1. The summed E-state index contributed by atoms with van der Waals surface area (Å²) in [6.07, 6.45) is 7.24. The Morgan fingerprint density at radius 3 is 2.64 bits per heavy atom. The molecule has 1 atom stereocenters. The van der Waals surface area contributed by atoms with E-state index in [4.69, 9.17) is 4.74 Å². The van der Waals surface area contributed by atoms with E-state index >= 15 is 0 Å². The highest BCUT2D eigenvalue weighted by Gasteiger charge is 2.32. The van der Waals surface area contributed by atoms with E-state index in [2.05, 4.69) is 20.6 Å². The fraction of sp³-hybridized carbons (Fsp3) is 0.480. The summed E-state index contributed by atoms with van der Waals surface area (Å²) in [4.78, 5) is 23.3. The molecule has 1 unspecified atom stereocenters. The second-order valence-electron chi connectivity index (χ2n) is 8.58. The van der Waals surface area contributed by atoms with E-state index in [1.165, 1.54) is 12.8 Å². The standard InChI is InChI=1S/C25H33N5O2.HI/c1-26-25(29-21-13-15-30(17-21)24(31)20-6-2-3-7-20)28-16-19-9-11-23(12-10-19)32-18-22-8-4-5-14-27-22;/h4-5,8-12,14,20-21H,2-3,6-7,13,15-18H2,1H3,(H2,26,28,29);1H. The molecular weight excluding hydrogens is 529 g/mol. The van der Waals surface area contributed by atoms with Crippen molar-refractivity contribution in [1.82, 2.24) is 20.5 Å². The van der Waals surface area contributed by atoms with Crippen molar-refractivity contribution in [1.29, 1.82) is 0 Å². The van der Waals surface area contributed by atoms with Crippen LogP contribution in [0.25, 0.3) is 0 Å². The Balaban J connectivity index is 0.00000306. The molecule has 33 heavy (non-hydrogen) atoms. The number of carbonyl (C=O) groups excluding carboxylic acids is 1. The molecule has 0 spiro atoms. The molecule has 2 N–H and O–H groups in total. The monoisotopic (exact) mass is 563 g/mol. The predicted octanol–water partition coefficient (Wildman–Crippen LogP) is 3.73. The number of carbonyl (C=O) groups is 1. The molecule has 4 rings (SSSR count). The van der Waals surface area contributed by atoms with Crippen molar-refractivity contribution in [3.8, 4) is 5.75 Å². The fourth-order valence-electron chi connectivity index (χ4n) is 4.43. The van der Waals surface area contributed by atoms with Gasteiger partial charge in [-0.15, -0.1) is 24.0 Å². The van der Waals surface area contributed by atoms with Crippen molar-refractivity contribution in [2.24, 2.45) is 10.9 Å². The quantitative estimate of drug-likeness (QED) is 0.305. The molecular formula is C25H34IN5O2. The number of nitrogens with zero attached hydrogens (tertiary/aromatic N) is 3. The van der Waals surface area contributed by atoms with Crippen LogP contribution in [-0.4, -0.2) is 47.9 Å². The first kappa shape index (κ1) is 25.3. The molecule has 1 aromatic carbocycles. The summed E-state index contributed by atoms with van der Waals surface area (Å²) in [5.41, 5.74) is 2.05. The average molecular weight is 563 g/mol. The molecule has 178 valence electrons. The van der Waals surface area contributed by atoms with E-state index in [-0.39, 0.29) is 35.9 Å². The zero-order valence-electron chi connectivity index (χ0n) is 19.2. The third kappa shape index (κ3) is 7.31. The minimum atomic E-state index is 0. The van der Waals surface area contributed by atoms with Crippen LogP contribution in [-0.2, 0) is 17.9 Å². The summed E-state index contributed by atoms with van der Waals surface area (Å²) in [5, 5.41) is 6.85. The Bertz CT molecular complexity index is 901. The summed E-state index contributed by atoms with van der Waals surface area (Å²) in [6.45, 7) is 2.72. The van der Waals surface area contributed by atoms with E-state index in [1.807, 2.05) is 47.4 Å². The first-order valence-corrected chi connectivity index (χ1v) is 11.6. The van der Waals surface area contributed by atoms with Gasteiger partial charge in [0.15, 0.2) is 5.96 Å². The largest absolute Gasteiger partial charge is 0.487 e. The van der Waals surface area contributed by atoms with Crippen LogP contribution in [0.1, 0.15) is 43.4 Å². The number of ether oxygens (including phenoxy) is 1. The lowest BCUT2D eigenvalue weighted by molar-refractivity contribution is -0.134. The van der Waals surface area contributed by atoms with Crippen LogP contribution < -0.4 is 15.4 Å². The van der Waals surface area contributed by atoms with Crippen molar-refractivity contribution in [2.45, 2.75) is 51.3 Å². The topological polar surface area (TPSA) is 78.9 Å². The first-order valence-electron chi connectivity index (χ1n) is 11.6. The Labute approximate surface area is 213 Å². The number of halogens is 1. The zero-order valence-corrected chi connectivity index (χ0v) is 21.5. The molecule has 1 amide bonds. The zero-order chi connectivity index (χ0) is 22.2. The molecule has 1 aliphatic carbocycles. The Kier molecular flexibility index (Phi) is 9.77. The third-order valence-electron chi connectivity index (χ3n) is 6.26. The number of hydrogen-bond donors (Lipinski definition) is 2. The lowest BCUT2D eigenvalue weighted by Crippen LogP contribution is -2.45. The van der Waals surface area contributed by atoms with E-state index in [1.54, 1.807) is 13.2 Å². The average Bonchev–Trinajstić information content (AvgIpc) is 3.54. The van der Waals surface area contributed by atoms with Gasteiger partial charge in [0, 0.05) is 44.8 Å². The first-order chi connectivity index (χ1) is 15.7. The number of amides is 1. The second-order valence-corrected chi connectivity index (χ2v) is 8.58. The van der Waals surface area contributed by atoms with Crippen LogP contribution in [0.2, 0.25) is 0 Å². The van der Waals surface area contributed by atoms with Crippen LogP contribution in [0, 0.1) is 5.92 Å². The van der Waals surface area contributed by atoms with Crippen LogP contribution in [0.3, 0.4) is 0 Å². The number of aliphatic imine (C=N–C) groups is 1. The van der Waals surface area contributed by atoms with Gasteiger partial charge in [0.05, 0.1) is 5.69 Å². The normalized spacial score (nSPS) is 18.6. The summed E-state index contributed by atoms with van der Waals surface area (Å²) in [6, 6.07) is 14.1. The third-order valence-corrected chi connectivity index (χ3v) is 6.26. The predicted molar refractivity (Wildman–Crippen MR) is 141 cm³/mol. The summed E-state index contributed by atoms with van der Waals surface area (Å²) in [5.74, 6) is 2.18. The molecule has 2 aliphatic rings. The van der Waals surface area contributed by atoms with Gasteiger partial charge >= 0.3 is 0 Å². The lowest BCUT2D eigenvalue weighted by atomic mass is 10.1. The van der Waals surface area contributed by atoms with Gasteiger partial charge < -0.3 is 20.3 Å². The number of hydrogen-bond acceptors (Lipinski definition) is 4. The van der Waals surface area contributed by atoms with Crippen LogP contribution >= 0.6 is 24.0 Å². The van der Waals surface area contributed by atoms with Gasteiger partial charge in [-0.2, -0.15) is 0 Å². The van der Waals surface area contributed by atoms with Gasteiger partial charge in [-0.1, -0.05) is 31.0 Å². The van der Waals surface area contributed by atoms with Crippen LogP contribution in [0.15, 0.2) is 53.7 Å². The smallest absolute Gasteiger partial charge is 0.225 e. The molecule has 1 aliphatic heterocycles. The van der Waals surface area contributed by atoms with Crippen molar-refractivity contribution in [3.63, 3.8) is 0 Å². The molecule has 2 heterocycles. The second kappa shape index (κ2) is 12.8. The van der Waals surface area contributed by atoms with E-state index in [0.29, 0.717) is 19.1 Å². The molecule has 8 heteroatoms. The van der Waals surface area contributed by atoms with Crippen LogP contribution in [0.4, 0.5) is 0 Å². The molecule has 2 fully saturated rings. The van der Waals surface area contributed by atoms with E-state index < -0.39 is 0 Å². The minimum absolute atomic E-state index is 0. The van der Waals surface area contributed by atoms with Gasteiger partial charge in [0.2, 0.25) is 5.91 Å². The Morgan fingerprint density at radius 1 is 1.15 bits per heavy atom. The number of guanidine groups is 1. The maximum atomic E-state index is 12.7. The minimum Gasteiger partial charge on any atom is -0.487 e. The number of aromatic nitrogens is 1. The van der Waals surface area contributed by atoms with E-state index in [0.717, 1.165) is 55.3 Å². The number of nitrogens with one attached hydrogen (secondary N) is 2. The molecule has 7 nitrogen and oxygen atoms in total. The molecule has 0 radical (unpaired) electrons. The summed E-state index contributed by atoms with van der Waals surface area (Å²) >= 11 is 0. The van der Waals surface area contributed by atoms with Gasteiger partial charge in [-0.25, -0.2) is 0 Å². The highest BCUT2D eigenvalue weighted by atomic mass is 127. The fourth-order valence-corrected chi connectivity index (χ4v) is 4.43. The molecule has 1 aromatic heterocycles. The van der Waals surface area contributed by atoms with Gasteiger partial charge in [-0.3, -0.25) is 14.8 Å². The van der Waals surface area contributed by atoms with Crippen molar-refractivity contribution in [2.75, 3.05) is 20.1 Å². The lowest BCUT2D eigenvalue weighted by Gasteiger charge is -2.21. The van der Waals surface area contributed by atoms with Gasteiger partial charge in [-0.05, 0) is 49.1 Å². The molecule has 0 bridgehead atoms. The summed E-state index contributed by atoms with van der Waals surface area (Å²) < 4.78 is 5.80. The van der Waals surface area contributed by atoms with Crippen molar-refractivity contribution in [3.05, 3.63) is 59.9 Å². The highest BCUT2D eigenvalue weighted by molar-refractivity contribution is 14.0. The van der Waals surface area contributed by atoms with E-state index in [9.17, 15) is 4.79 Å². The number of rotatable bonds is 7. The molecule has 2 aromatic rings. The maximum absolute atomic E-state index is 12.7. The Hall–Kier alpha value is -2.36. The molecule has 1 saturated carbocycles. The SMILES string of the molecule is CN=C(NCc1ccc(OCc2ccccn2)cc1)NC1CCN(C(=O)C2CCCC2)C1.I. The maximum Gasteiger partial charge on any atom is 0.225 e. The van der Waals surface area contributed by atoms with Gasteiger partial charge in [0.1, 0.15) is 12.4 Å². The summed E-state index contributed by atoms with van der Waals surface area (Å²) in [7, 11) is 1.78. The van der Waals surface area contributed by atoms with Gasteiger partial charge in [0.25, 0.3) is 0 Å². The number of likely N-dealkylation sites (tertiary alicyclic amines) is 1. The van der Waals surface area contributed by atoms with Crippen molar-refractivity contribution >= 4 is 35.8 Å². The molecule has 1 saturated heterocycles. The highest BCUT2D eigenvalue weighted by Crippen LogP contribution is 2.27. The Morgan fingerprint density at radius 2 is 1.94 bits per heavy atom. The van der Waals surface area contributed by atoms with Crippen molar-refractivity contribution < 1.29 is 9.53 Å².